The molecule has 4 nitrogen and oxygen atoms in total. The van der Waals surface area contributed by atoms with E-state index in [0.29, 0.717) is 19.4 Å². The van der Waals surface area contributed by atoms with E-state index in [1.807, 2.05) is 26.0 Å². The molecular formula is C15H23NO3. The Balaban J connectivity index is 2.51. The van der Waals surface area contributed by atoms with Crippen molar-refractivity contribution < 1.29 is 14.6 Å². The predicted molar refractivity (Wildman–Crippen MR) is 76.5 cm³/mol. The van der Waals surface area contributed by atoms with Crippen LogP contribution in [0.25, 0.3) is 0 Å². The molecule has 0 saturated carbocycles. The van der Waals surface area contributed by atoms with Gasteiger partial charge in [0.2, 0.25) is 0 Å². The van der Waals surface area contributed by atoms with Gasteiger partial charge in [-0.3, -0.25) is 4.79 Å². The molecule has 0 saturated heterocycles. The van der Waals surface area contributed by atoms with Gasteiger partial charge in [-0.2, -0.15) is 0 Å². The van der Waals surface area contributed by atoms with E-state index in [0.717, 1.165) is 22.6 Å². The van der Waals surface area contributed by atoms with Crippen LogP contribution in [0, 0.1) is 19.3 Å². The Morgan fingerprint density at radius 1 is 1.32 bits per heavy atom. The number of aliphatic carboxylic acids is 1. The lowest BCUT2D eigenvalue weighted by molar-refractivity contribution is -0.147. The number of nitrogen functional groups attached to an aromatic ring is 1. The summed E-state index contributed by atoms with van der Waals surface area (Å²) in [6.45, 7) is 7.87. The molecule has 0 unspecified atom stereocenters. The quantitative estimate of drug-likeness (QED) is 0.612. The third-order valence-electron chi connectivity index (χ3n) is 3.35. The summed E-state index contributed by atoms with van der Waals surface area (Å²) in [5.41, 5.74) is 7.87. The zero-order valence-corrected chi connectivity index (χ0v) is 12.1. The molecule has 0 fully saturated rings. The number of carboxylic acids is 1. The fourth-order valence-corrected chi connectivity index (χ4v) is 1.77. The Morgan fingerprint density at radius 2 is 1.95 bits per heavy atom. The van der Waals surface area contributed by atoms with Crippen LogP contribution in [0.15, 0.2) is 12.1 Å². The van der Waals surface area contributed by atoms with Crippen LogP contribution in [-0.2, 0) is 4.79 Å². The maximum atomic E-state index is 11.0. The fraction of sp³-hybridized carbons (Fsp3) is 0.533. The first-order valence-corrected chi connectivity index (χ1v) is 6.47. The lowest BCUT2D eigenvalue weighted by Crippen LogP contribution is -2.24. The van der Waals surface area contributed by atoms with Crippen molar-refractivity contribution in [1.82, 2.24) is 0 Å². The molecule has 0 aromatic heterocycles. The molecule has 4 heteroatoms. The number of carboxylic acid groups (broad SMARTS) is 1. The summed E-state index contributed by atoms with van der Waals surface area (Å²) in [5, 5.41) is 9.01. The highest BCUT2D eigenvalue weighted by molar-refractivity contribution is 5.73. The Hall–Kier alpha value is -1.71. The van der Waals surface area contributed by atoms with Gasteiger partial charge < -0.3 is 15.6 Å². The molecule has 0 bridgehead atoms. The number of ether oxygens (including phenoxy) is 1. The van der Waals surface area contributed by atoms with Crippen LogP contribution >= 0.6 is 0 Å². The van der Waals surface area contributed by atoms with E-state index in [4.69, 9.17) is 15.6 Å². The van der Waals surface area contributed by atoms with Crippen LogP contribution in [0.1, 0.15) is 37.8 Å². The lowest BCUT2D eigenvalue weighted by atomic mass is 9.88. The first-order valence-electron chi connectivity index (χ1n) is 6.47. The first-order chi connectivity index (χ1) is 8.74. The molecule has 0 spiro atoms. The minimum Gasteiger partial charge on any atom is -0.493 e. The Bertz CT molecular complexity index is 467. The SMILES string of the molecule is Cc1cc(OCCCC(C)(C)C(=O)O)c(C)cc1N. The molecule has 0 aliphatic carbocycles. The smallest absolute Gasteiger partial charge is 0.309 e. The number of carbonyl (C=O) groups is 1. The predicted octanol–water partition coefficient (Wildman–Crippen LogP) is 3.16. The number of hydrogen-bond donors (Lipinski definition) is 2. The standard InChI is InChI=1S/C15H23NO3/c1-10-9-13(11(2)8-12(10)16)19-7-5-6-15(3,4)14(17)18/h8-9H,5-7,16H2,1-4H3,(H,17,18). The highest BCUT2D eigenvalue weighted by Gasteiger charge is 2.26. The van der Waals surface area contributed by atoms with Gasteiger partial charge >= 0.3 is 5.97 Å². The maximum absolute atomic E-state index is 11.0. The van der Waals surface area contributed by atoms with E-state index in [1.165, 1.54) is 0 Å². The van der Waals surface area contributed by atoms with Gasteiger partial charge in [0.15, 0.2) is 0 Å². The molecule has 0 amide bonds. The summed E-state index contributed by atoms with van der Waals surface area (Å²) in [6, 6.07) is 3.82. The van der Waals surface area contributed by atoms with Crippen LogP contribution in [-0.4, -0.2) is 17.7 Å². The number of aryl methyl sites for hydroxylation is 2. The van der Waals surface area contributed by atoms with Crippen LogP contribution in [0.5, 0.6) is 5.75 Å². The lowest BCUT2D eigenvalue weighted by Gasteiger charge is -2.19. The van der Waals surface area contributed by atoms with Crippen molar-refractivity contribution in [2.45, 2.75) is 40.5 Å². The van der Waals surface area contributed by atoms with E-state index in [2.05, 4.69) is 0 Å². The van der Waals surface area contributed by atoms with Gasteiger partial charge in [-0.05, 0) is 63.8 Å². The number of hydrogen-bond acceptors (Lipinski definition) is 3. The highest BCUT2D eigenvalue weighted by Crippen LogP contribution is 2.26. The minimum absolute atomic E-state index is 0.515. The van der Waals surface area contributed by atoms with Gasteiger partial charge in [-0.15, -0.1) is 0 Å². The number of benzene rings is 1. The number of anilines is 1. The molecule has 0 heterocycles. The average Bonchev–Trinajstić information content (AvgIpc) is 2.30. The molecule has 1 aromatic carbocycles. The minimum atomic E-state index is -0.771. The Morgan fingerprint density at radius 3 is 2.53 bits per heavy atom. The molecule has 0 radical (unpaired) electrons. The van der Waals surface area contributed by atoms with Gasteiger partial charge in [-0.25, -0.2) is 0 Å². The second-order valence-electron chi connectivity index (χ2n) is 5.62. The van der Waals surface area contributed by atoms with Crippen molar-refractivity contribution >= 4 is 11.7 Å². The molecule has 0 aliphatic heterocycles. The molecule has 106 valence electrons. The second kappa shape index (κ2) is 5.95. The zero-order chi connectivity index (χ0) is 14.6. The molecule has 0 aliphatic rings. The first kappa shape index (κ1) is 15.3. The van der Waals surface area contributed by atoms with Crippen LogP contribution in [0.2, 0.25) is 0 Å². The molecule has 1 rings (SSSR count). The van der Waals surface area contributed by atoms with Gasteiger partial charge in [-0.1, -0.05) is 0 Å². The summed E-state index contributed by atoms with van der Waals surface area (Å²) in [6.07, 6.45) is 1.30. The third-order valence-corrected chi connectivity index (χ3v) is 3.35. The number of nitrogens with two attached hydrogens (primary N) is 1. The van der Waals surface area contributed by atoms with Crippen LogP contribution in [0.4, 0.5) is 5.69 Å². The zero-order valence-electron chi connectivity index (χ0n) is 12.1. The summed E-state index contributed by atoms with van der Waals surface area (Å²) < 4.78 is 5.70. The van der Waals surface area contributed by atoms with Crippen molar-refractivity contribution in [2.24, 2.45) is 5.41 Å². The van der Waals surface area contributed by atoms with Crippen molar-refractivity contribution in [2.75, 3.05) is 12.3 Å². The van der Waals surface area contributed by atoms with Gasteiger partial charge in [0.25, 0.3) is 0 Å². The molecule has 3 N–H and O–H groups in total. The van der Waals surface area contributed by atoms with Crippen molar-refractivity contribution in [3.8, 4) is 5.75 Å². The monoisotopic (exact) mass is 265 g/mol. The second-order valence-corrected chi connectivity index (χ2v) is 5.62. The van der Waals surface area contributed by atoms with Crippen molar-refractivity contribution in [3.05, 3.63) is 23.3 Å². The van der Waals surface area contributed by atoms with E-state index < -0.39 is 11.4 Å². The average molecular weight is 265 g/mol. The normalized spacial score (nSPS) is 11.4. The van der Waals surface area contributed by atoms with E-state index in [-0.39, 0.29) is 0 Å². The van der Waals surface area contributed by atoms with Gasteiger partial charge in [0.05, 0.1) is 12.0 Å². The topological polar surface area (TPSA) is 72.5 Å². The molecule has 19 heavy (non-hydrogen) atoms. The number of rotatable bonds is 6. The Labute approximate surface area is 114 Å². The largest absolute Gasteiger partial charge is 0.493 e. The van der Waals surface area contributed by atoms with Gasteiger partial charge in [0.1, 0.15) is 5.75 Å². The highest BCUT2D eigenvalue weighted by atomic mass is 16.5. The Kier molecular flexibility index (Phi) is 4.81. The fourth-order valence-electron chi connectivity index (χ4n) is 1.77. The summed E-state index contributed by atoms with van der Waals surface area (Å²) in [4.78, 5) is 11.0. The van der Waals surface area contributed by atoms with E-state index in [1.54, 1.807) is 13.8 Å². The van der Waals surface area contributed by atoms with Crippen LogP contribution < -0.4 is 10.5 Å². The van der Waals surface area contributed by atoms with E-state index in [9.17, 15) is 4.79 Å². The van der Waals surface area contributed by atoms with E-state index >= 15 is 0 Å². The van der Waals surface area contributed by atoms with Crippen LogP contribution in [0.3, 0.4) is 0 Å². The van der Waals surface area contributed by atoms with Gasteiger partial charge in [0, 0.05) is 5.69 Å². The maximum Gasteiger partial charge on any atom is 0.309 e. The van der Waals surface area contributed by atoms with Crippen molar-refractivity contribution in [3.63, 3.8) is 0 Å². The summed E-state index contributed by atoms with van der Waals surface area (Å²) >= 11 is 0. The summed E-state index contributed by atoms with van der Waals surface area (Å²) in [5.74, 6) is 0.0480. The van der Waals surface area contributed by atoms with Crippen molar-refractivity contribution in [1.29, 1.82) is 0 Å². The third kappa shape index (κ3) is 4.16. The molecular weight excluding hydrogens is 242 g/mol. The molecule has 0 atom stereocenters. The molecule has 1 aromatic rings. The summed E-state index contributed by atoms with van der Waals surface area (Å²) in [7, 11) is 0.